The Hall–Kier alpha value is -2.88. The van der Waals surface area contributed by atoms with Gasteiger partial charge < -0.3 is 9.47 Å². The van der Waals surface area contributed by atoms with Crippen molar-refractivity contribution >= 4 is 11.8 Å². The summed E-state index contributed by atoms with van der Waals surface area (Å²) in [7, 11) is 0. The lowest BCUT2D eigenvalue weighted by molar-refractivity contribution is -0.154. The molecule has 2 rings (SSSR count). The number of hydrogen-bond donors (Lipinski definition) is 0. The molecule has 0 saturated heterocycles. The molecule has 0 radical (unpaired) electrons. The molecule has 0 aliphatic carbocycles. The van der Waals surface area contributed by atoms with Crippen LogP contribution in [-0.2, 0) is 9.53 Å². The minimum atomic E-state index is -0.824. The molecule has 4 heteroatoms. The molecular weight excluding hydrogens is 280 g/mol. The molecule has 2 aromatic carbocycles. The minimum Gasteiger partial charge on any atom is -0.454 e. The monoisotopic (exact) mass is 296 g/mol. The quantitative estimate of drug-likeness (QED) is 0.355. The van der Waals surface area contributed by atoms with Gasteiger partial charge in [0.15, 0.2) is 5.78 Å². The van der Waals surface area contributed by atoms with Crippen molar-refractivity contribution in [3.63, 3.8) is 0 Å². The van der Waals surface area contributed by atoms with Crippen LogP contribution in [0.15, 0.2) is 67.3 Å². The van der Waals surface area contributed by atoms with Crippen molar-refractivity contribution < 1.29 is 19.1 Å². The maximum atomic E-state index is 12.5. The highest BCUT2D eigenvalue weighted by atomic mass is 16.7. The van der Waals surface area contributed by atoms with Crippen LogP contribution < -0.4 is 4.74 Å². The molecule has 112 valence electrons. The average molecular weight is 296 g/mol. The Morgan fingerprint density at radius 3 is 2.36 bits per heavy atom. The molecule has 0 aromatic heterocycles. The Morgan fingerprint density at radius 1 is 1.05 bits per heavy atom. The van der Waals surface area contributed by atoms with Crippen molar-refractivity contribution in [2.75, 3.05) is 0 Å². The summed E-state index contributed by atoms with van der Waals surface area (Å²) in [6.07, 6.45) is 0.233. The zero-order valence-corrected chi connectivity index (χ0v) is 12.2. The Kier molecular flexibility index (Phi) is 5.09. The van der Waals surface area contributed by atoms with E-state index in [0.29, 0.717) is 16.9 Å². The van der Waals surface area contributed by atoms with E-state index >= 15 is 0 Å². The number of carbonyl (C=O) groups excluding carboxylic acids is 2. The molecule has 22 heavy (non-hydrogen) atoms. The zero-order valence-electron chi connectivity index (χ0n) is 12.2. The van der Waals surface area contributed by atoms with Gasteiger partial charge in [-0.05, 0) is 12.1 Å². The van der Waals surface area contributed by atoms with Crippen molar-refractivity contribution in [3.05, 3.63) is 78.4 Å². The summed E-state index contributed by atoms with van der Waals surface area (Å²) in [5, 5.41) is 0. The lowest BCUT2D eigenvalue weighted by Crippen LogP contribution is -2.20. The second kappa shape index (κ2) is 7.22. The van der Waals surface area contributed by atoms with Gasteiger partial charge in [-0.1, -0.05) is 49.0 Å². The van der Waals surface area contributed by atoms with E-state index in [0.717, 1.165) is 6.08 Å². The Morgan fingerprint density at radius 2 is 1.68 bits per heavy atom. The molecule has 1 atom stereocenters. The molecule has 4 nitrogen and oxygen atoms in total. The third-order valence-electron chi connectivity index (χ3n) is 2.91. The van der Waals surface area contributed by atoms with E-state index in [1.165, 1.54) is 0 Å². The van der Waals surface area contributed by atoms with Gasteiger partial charge in [-0.3, -0.25) is 4.79 Å². The predicted octanol–water partition coefficient (Wildman–Crippen LogP) is 3.37. The lowest BCUT2D eigenvalue weighted by atomic mass is 10.0. The molecule has 0 saturated carbocycles. The van der Waals surface area contributed by atoms with Crippen LogP contribution in [0.25, 0.3) is 0 Å². The summed E-state index contributed by atoms with van der Waals surface area (Å²) >= 11 is 0. The molecule has 2 aromatic rings. The first-order valence-corrected chi connectivity index (χ1v) is 6.80. The molecular formula is C18H16O4. The van der Waals surface area contributed by atoms with Crippen LogP contribution in [0.1, 0.15) is 22.8 Å². The van der Waals surface area contributed by atoms with Gasteiger partial charge in [0.1, 0.15) is 5.75 Å². The SMILES string of the molecule is C=CC(=O)OC(C)Oc1ccccc1C(=O)c1ccccc1. The van der Waals surface area contributed by atoms with E-state index in [4.69, 9.17) is 9.47 Å². The number of carbonyl (C=O) groups is 2. The third-order valence-corrected chi connectivity index (χ3v) is 2.91. The Labute approximate surface area is 129 Å². The van der Waals surface area contributed by atoms with Gasteiger partial charge in [0, 0.05) is 18.6 Å². The molecule has 0 aliphatic heterocycles. The van der Waals surface area contributed by atoms with Gasteiger partial charge in [-0.25, -0.2) is 4.79 Å². The molecule has 1 unspecified atom stereocenters. The predicted molar refractivity (Wildman–Crippen MR) is 82.7 cm³/mol. The van der Waals surface area contributed by atoms with Gasteiger partial charge in [0.05, 0.1) is 5.56 Å². The van der Waals surface area contributed by atoms with E-state index in [-0.39, 0.29) is 5.78 Å². The third kappa shape index (κ3) is 3.82. The summed E-state index contributed by atoms with van der Waals surface area (Å²) in [5.74, 6) is -0.376. The van der Waals surface area contributed by atoms with Crippen LogP contribution in [0.5, 0.6) is 5.75 Å². The number of esters is 1. The Balaban J connectivity index is 2.22. The first-order chi connectivity index (χ1) is 10.6. The van der Waals surface area contributed by atoms with Crippen LogP contribution in [0, 0.1) is 0 Å². The fraction of sp³-hybridized carbons (Fsp3) is 0.111. The summed E-state index contributed by atoms with van der Waals surface area (Å²) < 4.78 is 10.5. The maximum Gasteiger partial charge on any atom is 0.333 e. The maximum absolute atomic E-state index is 12.5. The van der Waals surface area contributed by atoms with E-state index in [1.54, 1.807) is 55.5 Å². The highest BCUT2D eigenvalue weighted by Gasteiger charge is 2.16. The van der Waals surface area contributed by atoms with E-state index < -0.39 is 12.3 Å². The first kappa shape index (κ1) is 15.5. The minimum absolute atomic E-state index is 0.154. The van der Waals surface area contributed by atoms with Gasteiger partial charge in [-0.15, -0.1) is 0 Å². The van der Waals surface area contributed by atoms with Crippen LogP contribution in [-0.4, -0.2) is 18.0 Å². The fourth-order valence-corrected chi connectivity index (χ4v) is 1.92. The van der Waals surface area contributed by atoms with Gasteiger partial charge in [0.25, 0.3) is 0 Å². The summed E-state index contributed by atoms with van der Waals surface area (Å²) in [4.78, 5) is 23.7. The van der Waals surface area contributed by atoms with Crippen molar-refractivity contribution in [2.24, 2.45) is 0 Å². The normalized spacial score (nSPS) is 11.3. The highest BCUT2D eigenvalue weighted by molar-refractivity contribution is 6.10. The second-order valence-corrected chi connectivity index (χ2v) is 4.52. The van der Waals surface area contributed by atoms with E-state index in [1.807, 2.05) is 6.07 Å². The zero-order chi connectivity index (χ0) is 15.9. The largest absolute Gasteiger partial charge is 0.454 e. The molecule has 0 fully saturated rings. The topological polar surface area (TPSA) is 52.6 Å². The number of benzene rings is 2. The van der Waals surface area contributed by atoms with Crippen molar-refractivity contribution in [3.8, 4) is 5.75 Å². The first-order valence-electron chi connectivity index (χ1n) is 6.80. The molecule has 0 amide bonds. The van der Waals surface area contributed by atoms with Crippen molar-refractivity contribution in [1.82, 2.24) is 0 Å². The highest BCUT2D eigenvalue weighted by Crippen LogP contribution is 2.23. The summed E-state index contributed by atoms with van der Waals surface area (Å²) in [6, 6.07) is 15.7. The van der Waals surface area contributed by atoms with Crippen LogP contribution in [0.2, 0.25) is 0 Å². The van der Waals surface area contributed by atoms with Crippen LogP contribution in [0.3, 0.4) is 0 Å². The standard InChI is InChI=1S/C18H16O4/c1-3-17(19)22-13(2)21-16-12-8-7-11-15(16)18(20)14-9-5-4-6-10-14/h3-13H,1H2,2H3. The summed E-state index contributed by atoms with van der Waals surface area (Å²) in [6.45, 7) is 4.90. The lowest BCUT2D eigenvalue weighted by Gasteiger charge is -2.16. The fourth-order valence-electron chi connectivity index (χ4n) is 1.92. The molecule has 0 bridgehead atoms. The molecule has 0 N–H and O–H groups in total. The number of ether oxygens (including phenoxy) is 2. The van der Waals surface area contributed by atoms with Crippen LogP contribution in [0.4, 0.5) is 0 Å². The molecule has 0 heterocycles. The van der Waals surface area contributed by atoms with Gasteiger partial charge in [-0.2, -0.15) is 0 Å². The molecule has 0 aliphatic rings. The van der Waals surface area contributed by atoms with E-state index in [9.17, 15) is 9.59 Å². The van der Waals surface area contributed by atoms with Gasteiger partial charge >= 0.3 is 5.97 Å². The molecule has 0 spiro atoms. The van der Waals surface area contributed by atoms with Crippen molar-refractivity contribution in [2.45, 2.75) is 13.2 Å². The van der Waals surface area contributed by atoms with Gasteiger partial charge in [0.2, 0.25) is 6.29 Å². The average Bonchev–Trinajstić information content (AvgIpc) is 2.55. The smallest absolute Gasteiger partial charge is 0.333 e. The number of para-hydroxylation sites is 1. The van der Waals surface area contributed by atoms with Crippen molar-refractivity contribution in [1.29, 1.82) is 0 Å². The van der Waals surface area contributed by atoms with E-state index in [2.05, 4.69) is 6.58 Å². The number of rotatable bonds is 6. The van der Waals surface area contributed by atoms with Crippen LogP contribution >= 0.6 is 0 Å². The summed E-state index contributed by atoms with van der Waals surface area (Å²) in [5.41, 5.74) is 0.976. The number of hydrogen-bond acceptors (Lipinski definition) is 4. The number of ketones is 1. The second-order valence-electron chi connectivity index (χ2n) is 4.52. The Bertz CT molecular complexity index is 676.